The summed E-state index contributed by atoms with van der Waals surface area (Å²) in [6, 6.07) is 11.1. The van der Waals surface area contributed by atoms with Crippen molar-refractivity contribution in [3.05, 3.63) is 82.7 Å². The van der Waals surface area contributed by atoms with E-state index in [0.717, 1.165) is 6.07 Å². The first-order valence-electron chi connectivity index (χ1n) is 9.66. The number of rotatable bonds is 6. The minimum absolute atomic E-state index is 0.0243. The van der Waals surface area contributed by atoms with Crippen LogP contribution in [0.5, 0.6) is 5.75 Å². The van der Waals surface area contributed by atoms with Gasteiger partial charge in [0.15, 0.2) is 0 Å². The van der Waals surface area contributed by atoms with Crippen LogP contribution in [0, 0.1) is 13.8 Å². The molecule has 0 saturated heterocycles. The summed E-state index contributed by atoms with van der Waals surface area (Å²) in [7, 11) is 0. The number of nitrogens with zero attached hydrogens (tertiary/aromatic N) is 1. The van der Waals surface area contributed by atoms with E-state index in [2.05, 4.69) is 5.32 Å². The van der Waals surface area contributed by atoms with Crippen LogP contribution in [-0.4, -0.2) is 32.7 Å². The number of nitrogens with one attached hydrogen (secondary N) is 1. The Hall–Kier alpha value is -3.75. The predicted octanol–water partition coefficient (Wildman–Crippen LogP) is 4.24. The Morgan fingerprint density at radius 3 is 2.28 bits per heavy atom. The highest BCUT2D eigenvalue weighted by Crippen LogP contribution is 2.35. The third-order valence-electron chi connectivity index (χ3n) is 5.11. The van der Waals surface area contributed by atoms with Crippen LogP contribution < -0.4 is 5.32 Å². The van der Waals surface area contributed by atoms with Gasteiger partial charge in [-0.3, -0.25) is 4.79 Å². The number of aromatic hydroxyl groups is 1. The van der Waals surface area contributed by atoms with Crippen molar-refractivity contribution in [2.24, 2.45) is 0 Å². The zero-order valence-electron chi connectivity index (χ0n) is 17.3. The Balaban J connectivity index is 1.92. The van der Waals surface area contributed by atoms with E-state index in [9.17, 15) is 33.0 Å². The van der Waals surface area contributed by atoms with Crippen molar-refractivity contribution in [1.82, 2.24) is 9.88 Å². The summed E-state index contributed by atoms with van der Waals surface area (Å²) in [5.74, 6) is -1.95. The van der Waals surface area contributed by atoms with Crippen molar-refractivity contribution in [3.63, 3.8) is 0 Å². The molecule has 0 fully saturated rings. The lowest BCUT2D eigenvalue weighted by Gasteiger charge is -2.17. The molecule has 2 aromatic carbocycles. The number of hydrogen-bond donors (Lipinski definition) is 3. The molecule has 1 heterocycles. The molecule has 0 aliphatic rings. The van der Waals surface area contributed by atoms with E-state index in [0.29, 0.717) is 11.3 Å². The number of halogens is 3. The molecule has 3 rings (SSSR count). The molecule has 3 N–H and O–H groups in total. The van der Waals surface area contributed by atoms with Gasteiger partial charge in [-0.1, -0.05) is 24.3 Å². The van der Waals surface area contributed by atoms with Gasteiger partial charge in [0, 0.05) is 17.8 Å². The summed E-state index contributed by atoms with van der Waals surface area (Å²) in [6.45, 7) is 3.08. The molecule has 0 aliphatic heterocycles. The fourth-order valence-corrected chi connectivity index (χ4v) is 3.58. The number of amides is 1. The summed E-state index contributed by atoms with van der Waals surface area (Å²) < 4.78 is 41.8. The van der Waals surface area contributed by atoms with Gasteiger partial charge in [0.1, 0.15) is 11.8 Å². The second-order valence-corrected chi connectivity index (χ2v) is 7.37. The van der Waals surface area contributed by atoms with Gasteiger partial charge in [-0.05, 0) is 49.7 Å². The van der Waals surface area contributed by atoms with E-state index in [1.165, 1.54) is 60.0 Å². The van der Waals surface area contributed by atoms with Gasteiger partial charge in [0.2, 0.25) is 0 Å². The fraction of sp³-hybridized carbons (Fsp3) is 0.217. The molecule has 0 spiro atoms. The van der Waals surface area contributed by atoms with Crippen LogP contribution in [0.3, 0.4) is 0 Å². The fourth-order valence-electron chi connectivity index (χ4n) is 3.58. The van der Waals surface area contributed by atoms with Gasteiger partial charge < -0.3 is 20.1 Å². The van der Waals surface area contributed by atoms with Crippen molar-refractivity contribution >= 4 is 11.9 Å². The van der Waals surface area contributed by atoms with Gasteiger partial charge in [-0.2, -0.15) is 13.2 Å². The minimum Gasteiger partial charge on any atom is -0.508 e. The quantitative estimate of drug-likeness (QED) is 0.528. The lowest BCUT2D eigenvalue weighted by Crippen LogP contribution is -2.42. The molecule has 1 amide bonds. The molecule has 1 aromatic heterocycles. The molecular formula is C23H21F3N2O4. The average molecular weight is 446 g/mol. The van der Waals surface area contributed by atoms with Crippen LogP contribution in [0.1, 0.15) is 32.9 Å². The van der Waals surface area contributed by atoms with E-state index in [1.807, 2.05) is 0 Å². The number of carboxylic acid groups (broad SMARTS) is 1. The van der Waals surface area contributed by atoms with Crippen LogP contribution >= 0.6 is 0 Å². The second kappa shape index (κ2) is 8.78. The number of phenolic OH excluding ortho intramolecular Hbond substituents is 1. The molecular weight excluding hydrogens is 425 g/mol. The zero-order chi connectivity index (χ0) is 23.6. The molecule has 0 bridgehead atoms. The van der Waals surface area contributed by atoms with Crippen LogP contribution in [0.4, 0.5) is 13.2 Å². The highest BCUT2D eigenvalue weighted by molar-refractivity contribution is 5.98. The first kappa shape index (κ1) is 22.9. The third-order valence-corrected chi connectivity index (χ3v) is 5.11. The second-order valence-electron chi connectivity index (χ2n) is 7.37. The smallest absolute Gasteiger partial charge is 0.418 e. The maximum atomic E-state index is 13.5. The summed E-state index contributed by atoms with van der Waals surface area (Å²) >= 11 is 0. The van der Waals surface area contributed by atoms with Crippen LogP contribution in [0.15, 0.2) is 54.6 Å². The first-order chi connectivity index (χ1) is 15.0. The van der Waals surface area contributed by atoms with Gasteiger partial charge in [-0.25, -0.2) is 4.79 Å². The molecule has 0 radical (unpaired) electrons. The zero-order valence-corrected chi connectivity index (χ0v) is 17.3. The van der Waals surface area contributed by atoms with E-state index in [4.69, 9.17) is 0 Å². The van der Waals surface area contributed by atoms with Crippen LogP contribution in [0.25, 0.3) is 5.69 Å². The number of carboxylic acids is 1. The van der Waals surface area contributed by atoms with E-state index >= 15 is 0 Å². The Morgan fingerprint density at radius 1 is 1.06 bits per heavy atom. The normalized spacial score (nSPS) is 12.4. The van der Waals surface area contributed by atoms with Gasteiger partial charge in [0.05, 0.1) is 16.8 Å². The van der Waals surface area contributed by atoms with E-state index in [1.54, 1.807) is 6.92 Å². The van der Waals surface area contributed by atoms with Crippen LogP contribution in [-0.2, 0) is 17.4 Å². The summed E-state index contributed by atoms with van der Waals surface area (Å²) in [6.07, 6.45) is -4.61. The molecule has 168 valence electrons. The van der Waals surface area contributed by atoms with Gasteiger partial charge in [0.25, 0.3) is 5.91 Å². The molecule has 9 heteroatoms. The number of para-hydroxylation sites is 1. The molecule has 32 heavy (non-hydrogen) atoms. The highest BCUT2D eigenvalue weighted by Gasteiger charge is 2.34. The molecule has 0 saturated carbocycles. The molecule has 0 aliphatic carbocycles. The van der Waals surface area contributed by atoms with E-state index in [-0.39, 0.29) is 29.1 Å². The molecule has 0 unspecified atom stereocenters. The Kier molecular flexibility index (Phi) is 6.29. The SMILES string of the molecule is Cc1cc(C(=O)N[C@@H](Cc2ccc(O)cc2)C(=O)O)c(C)n1-c1ccccc1C(F)(F)F. The van der Waals surface area contributed by atoms with Gasteiger partial charge >= 0.3 is 12.1 Å². The number of aliphatic carboxylic acids is 1. The number of carbonyl (C=O) groups excluding carboxylic acids is 1. The maximum Gasteiger partial charge on any atom is 0.418 e. The maximum absolute atomic E-state index is 13.5. The summed E-state index contributed by atoms with van der Waals surface area (Å²) in [5, 5.41) is 21.3. The number of aromatic nitrogens is 1. The van der Waals surface area contributed by atoms with Crippen molar-refractivity contribution in [3.8, 4) is 11.4 Å². The largest absolute Gasteiger partial charge is 0.508 e. The number of benzene rings is 2. The molecule has 6 nitrogen and oxygen atoms in total. The van der Waals surface area contributed by atoms with Crippen molar-refractivity contribution in [1.29, 1.82) is 0 Å². The molecule has 3 aromatic rings. The number of alkyl halides is 3. The predicted molar refractivity (Wildman–Crippen MR) is 111 cm³/mol. The Bertz CT molecular complexity index is 1150. The van der Waals surface area contributed by atoms with Crippen molar-refractivity contribution in [2.45, 2.75) is 32.5 Å². The minimum atomic E-state index is -4.58. The van der Waals surface area contributed by atoms with Crippen molar-refractivity contribution < 1.29 is 33.0 Å². The lowest BCUT2D eigenvalue weighted by atomic mass is 10.1. The summed E-state index contributed by atoms with van der Waals surface area (Å²) in [4.78, 5) is 24.5. The van der Waals surface area contributed by atoms with E-state index < -0.39 is 29.7 Å². The monoisotopic (exact) mass is 446 g/mol. The number of hydrogen-bond acceptors (Lipinski definition) is 3. The third kappa shape index (κ3) is 4.77. The topological polar surface area (TPSA) is 91.6 Å². The van der Waals surface area contributed by atoms with Gasteiger partial charge in [-0.15, -0.1) is 0 Å². The Labute approximate surface area is 181 Å². The number of carbonyl (C=O) groups is 2. The number of phenols is 1. The lowest BCUT2D eigenvalue weighted by molar-refractivity contribution is -0.139. The molecule has 1 atom stereocenters. The average Bonchev–Trinajstić information content (AvgIpc) is 3.02. The number of aryl methyl sites for hydroxylation is 1. The highest BCUT2D eigenvalue weighted by atomic mass is 19.4. The van der Waals surface area contributed by atoms with Crippen LogP contribution in [0.2, 0.25) is 0 Å². The first-order valence-corrected chi connectivity index (χ1v) is 9.66. The summed E-state index contributed by atoms with van der Waals surface area (Å²) in [5.41, 5.74) is 0.356. The van der Waals surface area contributed by atoms with Crippen molar-refractivity contribution in [2.75, 3.05) is 0 Å². The standard InChI is InChI=1S/C23H21F3N2O4/c1-13-11-17(14(2)28(13)20-6-4-3-5-18(20)23(24,25)26)21(30)27-19(22(31)32)12-15-7-9-16(29)10-8-15/h3-11,19,29H,12H2,1-2H3,(H,27,30)(H,31,32)/t19-/m0/s1. The Morgan fingerprint density at radius 2 is 1.69 bits per heavy atom.